The van der Waals surface area contributed by atoms with Crippen LogP contribution in [-0.2, 0) is 12.8 Å². The quantitative estimate of drug-likeness (QED) is 0.236. The van der Waals surface area contributed by atoms with Crippen molar-refractivity contribution in [2.45, 2.75) is 38.5 Å². The summed E-state index contributed by atoms with van der Waals surface area (Å²) in [5, 5.41) is 0. The molecule has 0 heterocycles. The zero-order valence-electron chi connectivity index (χ0n) is 21.0. The standard InChI is InChI=1S/C32H34O3/c1-23(25-13-7-5-8-14-25)21-27-17-11-19-29(31(27)33-3)35-30-20-12-18-28(32(30)34-4)22-24(2)26-15-9-6-10-16-26/h5-20,23-24H,21-22H2,1-4H3. The Labute approximate surface area is 209 Å². The monoisotopic (exact) mass is 466 g/mol. The Morgan fingerprint density at radius 3 is 1.29 bits per heavy atom. The Kier molecular flexibility index (Phi) is 8.10. The summed E-state index contributed by atoms with van der Waals surface area (Å²) in [5.74, 6) is 3.63. The van der Waals surface area contributed by atoms with Crippen molar-refractivity contribution in [3.05, 3.63) is 119 Å². The number of hydrogen-bond donors (Lipinski definition) is 0. The first kappa shape index (κ1) is 24.4. The van der Waals surface area contributed by atoms with Crippen LogP contribution in [-0.4, -0.2) is 14.2 Å². The Morgan fingerprint density at radius 2 is 0.914 bits per heavy atom. The van der Waals surface area contributed by atoms with E-state index in [4.69, 9.17) is 14.2 Å². The molecular formula is C32H34O3. The van der Waals surface area contributed by atoms with E-state index in [-0.39, 0.29) is 0 Å². The Morgan fingerprint density at radius 1 is 0.514 bits per heavy atom. The summed E-state index contributed by atoms with van der Waals surface area (Å²) >= 11 is 0. The van der Waals surface area contributed by atoms with Crippen LogP contribution in [0.25, 0.3) is 0 Å². The van der Waals surface area contributed by atoms with E-state index < -0.39 is 0 Å². The highest BCUT2D eigenvalue weighted by atomic mass is 16.5. The molecule has 0 aliphatic carbocycles. The lowest BCUT2D eigenvalue weighted by molar-refractivity contribution is 0.351. The summed E-state index contributed by atoms with van der Waals surface area (Å²) in [7, 11) is 3.40. The lowest BCUT2D eigenvalue weighted by Crippen LogP contribution is -2.03. The SMILES string of the molecule is COc1c(CC(C)c2ccccc2)cccc1Oc1cccc(CC(C)c2ccccc2)c1OC. The second-order valence-electron chi connectivity index (χ2n) is 9.03. The van der Waals surface area contributed by atoms with Crippen molar-refractivity contribution < 1.29 is 14.2 Å². The van der Waals surface area contributed by atoms with E-state index >= 15 is 0 Å². The van der Waals surface area contributed by atoms with E-state index in [0.29, 0.717) is 23.3 Å². The van der Waals surface area contributed by atoms with Gasteiger partial charge in [-0.3, -0.25) is 0 Å². The van der Waals surface area contributed by atoms with Crippen LogP contribution in [0.15, 0.2) is 97.1 Å². The normalized spacial score (nSPS) is 12.6. The molecule has 180 valence electrons. The highest BCUT2D eigenvalue weighted by molar-refractivity contribution is 5.53. The summed E-state index contributed by atoms with van der Waals surface area (Å²) in [6.45, 7) is 4.48. The van der Waals surface area contributed by atoms with Crippen LogP contribution >= 0.6 is 0 Å². The summed E-state index contributed by atoms with van der Waals surface area (Å²) in [5.41, 5.74) is 4.86. The second-order valence-corrected chi connectivity index (χ2v) is 9.03. The predicted octanol–water partition coefficient (Wildman–Crippen LogP) is 8.19. The van der Waals surface area contributed by atoms with Crippen molar-refractivity contribution in [3.8, 4) is 23.0 Å². The first-order chi connectivity index (χ1) is 17.1. The van der Waals surface area contributed by atoms with Crippen LogP contribution in [0.1, 0.15) is 47.9 Å². The van der Waals surface area contributed by atoms with Gasteiger partial charge in [0.25, 0.3) is 0 Å². The van der Waals surface area contributed by atoms with Crippen LogP contribution in [0, 0.1) is 0 Å². The molecule has 0 aromatic heterocycles. The molecule has 3 heteroatoms. The number of ether oxygens (including phenoxy) is 3. The third kappa shape index (κ3) is 5.86. The fourth-order valence-corrected chi connectivity index (χ4v) is 4.65. The van der Waals surface area contributed by atoms with Gasteiger partial charge < -0.3 is 14.2 Å². The fraction of sp³-hybridized carbons (Fsp3) is 0.250. The Hall–Kier alpha value is -3.72. The van der Waals surface area contributed by atoms with Crippen LogP contribution in [0.4, 0.5) is 0 Å². The zero-order chi connectivity index (χ0) is 24.6. The minimum absolute atomic E-state index is 0.359. The van der Waals surface area contributed by atoms with Gasteiger partial charge >= 0.3 is 0 Å². The molecule has 0 aliphatic rings. The molecule has 0 fully saturated rings. The molecule has 0 radical (unpaired) electrons. The van der Waals surface area contributed by atoms with Crippen molar-refractivity contribution in [1.29, 1.82) is 0 Å². The average molecular weight is 467 g/mol. The highest BCUT2D eigenvalue weighted by Gasteiger charge is 2.18. The molecule has 3 nitrogen and oxygen atoms in total. The third-order valence-electron chi connectivity index (χ3n) is 6.54. The van der Waals surface area contributed by atoms with Gasteiger partial charge in [0.15, 0.2) is 23.0 Å². The highest BCUT2D eigenvalue weighted by Crippen LogP contribution is 2.41. The van der Waals surface area contributed by atoms with Gasteiger partial charge in [-0.2, -0.15) is 0 Å². The van der Waals surface area contributed by atoms with Crippen LogP contribution in [0.3, 0.4) is 0 Å². The summed E-state index contributed by atoms with van der Waals surface area (Å²) in [4.78, 5) is 0. The van der Waals surface area contributed by atoms with Gasteiger partial charge in [-0.1, -0.05) is 98.8 Å². The zero-order valence-corrected chi connectivity index (χ0v) is 21.0. The van der Waals surface area contributed by atoms with Gasteiger partial charge in [-0.15, -0.1) is 0 Å². The lowest BCUT2D eigenvalue weighted by atomic mass is 9.93. The Balaban J connectivity index is 1.59. The van der Waals surface area contributed by atoms with Gasteiger partial charge in [0.1, 0.15) is 0 Å². The first-order valence-electron chi connectivity index (χ1n) is 12.2. The number of methoxy groups -OCH3 is 2. The van der Waals surface area contributed by atoms with Crippen molar-refractivity contribution >= 4 is 0 Å². The smallest absolute Gasteiger partial charge is 0.169 e. The van der Waals surface area contributed by atoms with Gasteiger partial charge in [-0.25, -0.2) is 0 Å². The average Bonchev–Trinajstić information content (AvgIpc) is 2.90. The predicted molar refractivity (Wildman–Crippen MR) is 143 cm³/mol. The molecule has 2 unspecified atom stereocenters. The minimum atomic E-state index is 0.359. The summed E-state index contributed by atoms with van der Waals surface area (Å²) < 4.78 is 18.1. The third-order valence-corrected chi connectivity index (χ3v) is 6.54. The molecule has 4 rings (SSSR count). The van der Waals surface area contributed by atoms with E-state index in [9.17, 15) is 0 Å². The maximum Gasteiger partial charge on any atom is 0.169 e. The first-order valence-corrected chi connectivity index (χ1v) is 12.2. The molecule has 0 aliphatic heterocycles. The van der Waals surface area contributed by atoms with E-state index in [0.717, 1.165) is 35.5 Å². The summed E-state index contributed by atoms with van der Waals surface area (Å²) in [6, 6.07) is 33.3. The van der Waals surface area contributed by atoms with E-state index in [1.807, 2.05) is 36.4 Å². The van der Waals surface area contributed by atoms with Crippen molar-refractivity contribution in [1.82, 2.24) is 0 Å². The molecule has 35 heavy (non-hydrogen) atoms. The van der Waals surface area contributed by atoms with E-state index in [2.05, 4.69) is 74.5 Å². The van der Waals surface area contributed by atoms with Crippen molar-refractivity contribution in [2.24, 2.45) is 0 Å². The fourth-order valence-electron chi connectivity index (χ4n) is 4.65. The van der Waals surface area contributed by atoms with Gasteiger partial charge in [0.2, 0.25) is 0 Å². The molecular weight excluding hydrogens is 432 g/mol. The number of benzene rings is 4. The van der Waals surface area contributed by atoms with Crippen molar-refractivity contribution in [3.63, 3.8) is 0 Å². The molecule has 4 aromatic carbocycles. The lowest BCUT2D eigenvalue weighted by Gasteiger charge is -2.20. The summed E-state index contributed by atoms with van der Waals surface area (Å²) in [6.07, 6.45) is 1.71. The van der Waals surface area contributed by atoms with Gasteiger partial charge in [0.05, 0.1) is 14.2 Å². The molecule has 0 bridgehead atoms. The number of rotatable bonds is 10. The molecule has 0 saturated carbocycles. The molecule has 0 saturated heterocycles. The topological polar surface area (TPSA) is 27.7 Å². The minimum Gasteiger partial charge on any atom is -0.493 e. The van der Waals surface area contributed by atoms with Gasteiger partial charge in [-0.05, 0) is 59.1 Å². The van der Waals surface area contributed by atoms with E-state index in [1.54, 1.807) is 14.2 Å². The molecule has 2 atom stereocenters. The Bertz CT molecular complexity index is 1120. The van der Waals surface area contributed by atoms with Crippen molar-refractivity contribution in [2.75, 3.05) is 14.2 Å². The van der Waals surface area contributed by atoms with Crippen LogP contribution < -0.4 is 14.2 Å². The molecule has 0 amide bonds. The molecule has 4 aromatic rings. The van der Waals surface area contributed by atoms with E-state index in [1.165, 1.54) is 11.1 Å². The number of para-hydroxylation sites is 2. The van der Waals surface area contributed by atoms with Crippen LogP contribution in [0.2, 0.25) is 0 Å². The maximum absolute atomic E-state index is 6.43. The van der Waals surface area contributed by atoms with Crippen LogP contribution in [0.5, 0.6) is 23.0 Å². The number of hydrogen-bond acceptors (Lipinski definition) is 3. The maximum atomic E-state index is 6.43. The second kappa shape index (κ2) is 11.6. The molecule has 0 N–H and O–H groups in total. The van der Waals surface area contributed by atoms with Gasteiger partial charge in [0, 0.05) is 0 Å². The molecule has 0 spiro atoms. The largest absolute Gasteiger partial charge is 0.493 e.